The molecule has 3 nitrogen and oxygen atoms in total. The second-order valence-corrected chi connectivity index (χ2v) is 7.90. The van der Waals surface area contributed by atoms with Crippen molar-refractivity contribution >= 4 is 16.5 Å². The van der Waals surface area contributed by atoms with Crippen LogP contribution < -0.4 is 10.2 Å². The Kier molecular flexibility index (Phi) is 5.08. The zero-order chi connectivity index (χ0) is 14.8. The van der Waals surface area contributed by atoms with Crippen LogP contribution in [0, 0.1) is 0 Å². The lowest BCUT2D eigenvalue weighted by Crippen LogP contribution is -2.37. The quantitative estimate of drug-likeness (QED) is 0.912. The van der Waals surface area contributed by atoms with Crippen molar-refractivity contribution in [3.63, 3.8) is 0 Å². The highest BCUT2D eigenvalue weighted by atomic mass is 32.1. The van der Waals surface area contributed by atoms with Gasteiger partial charge >= 0.3 is 0 Å². The monoisotopic (exact) mass is 295 g/mol. The molecular formula is C16H29N3S. The molecule has 0 bridgehead atoms. The third-order valence-corrected chi connectivity index (χ3v) is 5.07. The summed E-state index contributed by atoms with van der Waals surface area (Å²) in [6.07, 6.45) is 3.96. The van der Waals surface area contributed by atoms with E-state index in [1.165, 1.54) is 41.5 Å². The van der Waals surface area contributed by atoms with Gasteiger partial charge in [-0.1, -0.05) is 27.7 Å². The predicted molar refractivity (Wildman–Crippen MR) is 88.9 cm³/mol. The first-order valence-corrected chi connectivity index (χ1v) is 8.72. The minimum atomic E-state index is 0.124. The van der Waals surface area contributed by atoms with E-state index in [2.05, 4.69) is 44.8 Å². The normalized spacial score (nSPS) is 20.4. The van der Waals surface area contributed by atoms with Gasteiger partial charge in [-0.2, -0.15) is 0 Å². The van der Waals surface area contributed by atoms with Gasteiger partial charge in [0.2, 0.25) is 0 Å². The van der Waals surface area contributed by atoms with Crippen molar-refractivity contribution < 1.29 is 0 Å². The molecule has 0 aromatic carbocycles. The summed E-state index contributed by atoms with van der Waals surface area (Å²) in [6.45, 7) is 14.4. The van der Waals surface area contributed by atoms with Crippen molar-refractivity contribution in [2.75, 3.05) is 18.0 Å². The molecule has 0 spiro atoms. The number of piperidine rings is 1. The molecule has 0 amide bonds. The van der Waals surface area contributed by atoms with Crippen molar-refractivity contribution in [2.24, 2.45) is 0 Å². The first-order chi connectivity index (χ1) is 9.43. The summed E-state index contributed by atoms with van der Waals surface area (Å²) in [5.41, 5.74) is 1.40. The van der Waals surface area contributed by atoms with Gasteiger partial charge < -0.3 is 10.2 Å². The van der Waals surface area contributed by atoms with Crippen LogP contribution in [0.3, 0.4) is 0 Å². The maximum atomic E-state index is 5.01. The number of rotatable bonds is 4. The van der Waals surface area contributed by atoms with E-state index in [1.54, 1.807) is 0 Å². The molecule has 0 saturated carbocycles. The molecule has 1 saturated heterocycles. The second kappa shape index (κ2) is 6.44. The largest absolute Gasteiger partial charge is 0.345 e. The second-order valence-electron chi connectivity index (χ2n) is 6.84. The van der Waals surface area contributed by atoms with Crippen molar-refractivity contribution in [1.82, 2.24) is 10.3 Å². The molecule has 1 aliphatic heterocycles. The Hall–Kier alpha value is -0.610. The van der Waals surface area contributed by atoms with Crippen LogP contribution in [0.4, 0.5) is 5.13 Å². The molecule has 2 heterocycles. The molecule has 1 fully saturated rings. The van der Waals surface area contributed by atoms with E-state index in [9.17, 15) is 0 Å². The maximum Gasteiger partial charge on any atom is 0.186 e. The number of nitrogens with zero attached hydrogens (tertiary/aromatic N) is 2. The van der Waals surface area contributed by atoms with E-state index < -0.39 is 0 Å². The third-order valence-electron chi connectivity index (χ3n) is 3.98. The average molecular weight is 295 g/mol. The Bertz CT molecular complexity index is 433. The van der Waals surface area contributed by atoms with Crippen LogP contribution in [0.1, 0.15) is 64.5 Å². The van der Waals surface area contributed by atoms with Gasteiger partial charge in [-0.05, 0) is 32.7 Å². The lowest BCUT2D eigenvalue weighted by Gasteiger charge is -2.33. The number of aromatic nitrogens is 1. The molecule has 1 atom stereocenters. The number of hydrogen-bond acceptors (Lipinski definition) is 4. The van der Waals surface area contributed by atoms with Crippen LogP contribution in [-0.4, -0.2) is 24.1 Å². The van der Waals surface area contributed by atoms with Crippen molar-refractivity contribution in [2.45, 2.75) is 71.9 Å². The molecule has 0 aliphatic carbocycles. The van der Waals surface area contributed by atoms with Crippen molar-refractivity contribution in [3.8, 4) is 0 Å². The van der Waals surface area contributed by atoms with Crippen LogP contribution in [0.2, 0.25) is 0 Å². The topological polar surface area (TPSA) is 28.2 Å². The third kappa shape index (κ3) is 3.53. The van der Waals surface area contributed by atoms with Gasteiger partial charge in [0.15, 0.2) is 5.13 Å². The summed E-state index contributed by atoms with van der Waals surface area (Å²) < 4.78 is 0. The molecule has 20 heavy (non-hydrogen) atoms. The van der Waals surface area contributed by atoms with Crippen LogP contribution in [-0.2, 0) is 12.0 Å². The zero-order valence-corrected chi connectivity index (χ0v) is 14.4. The molecule has 1 unspecified atom stereocenters. The summed E-state index contributed by atoms with van der Waals surface area (Å²) in [7, 11) is 0. The Morgan fingerprint density at radius 3 is 2.70 bits per heavy atom. The summed E-state index contributed by atoms with van der Waals surface area (Å²) >= 11 is 1.89. The summed E-state index contributed by atoms with van der Waals surface area (Å²) in [5.74, 6) is 0. The van der Waals surface area contributed by atoms with Crippen LogP contribution in [0.25, 0.3) is 0 Å². The first-order valence-electron chi connectivity index (χ1n) is 7.91. The van der Waals surface area contributed by atoms with E-state index in [1.807, 2.05) is 11.3 Å². The number of anilines is 1. The van der Waals surface area contributed by atoms with Gasteiger partial charge in [0.05, 0.1) is 5.69 Å². The van der Waals surface area contributed by atoms with Gasteiger partial charge in [0.1, 0.15) is 0 Å². The van der Waals surface area contributed by atoms with Gasteiger partial charge in [-0.25, -0.2) is 4.98 Å². The standard InChI is InChI=1S/C16H29N3S/c1-6-17-11-13-14(16(3,4)5)18-15(20-13)19-10-8-7-9-12(19)2/h12,17H,6-11H2,1-5H3. The fourth-order valence-electron chi connectivity index (χ4n) is 2.79. The molecule has 114 valence electrons. The number of nitrogens with one attached hydrogen (secondary N) is 1. The Balaban J connectivity index is 2.27. The van der Waals surface area contributed by atoms with Crippen LogP contribution >= 0.6 is 11.3 Å². The first kappa shape index (κ1) is 15.8. The molecule has 1 N–H and O–H groups in total. The van der Waals surface area contributed by atoms with Gasteiger partial charge in [-0.15, -0.1) is 11.3 Å². The van der Waals surface area contributed by atoms with E-state index in [0.29, 0.717) is 6.04 Å². The van der Waals surface area contributed by atoms with Crippen molar-refractivity contribution in [1.29, 1.82) is 0 Å². The van der Waals surface area contributed by atoms with Crippen molar-refractivity contribution in [3.05, 3.63) is 10.6 Å². The van der Waals surface area contributed by atoms with Gasteiger partial charge in [-0.3, -0.25) is 0 Å². The predicted octanol–water partition coefficient (Wildman–Crippen LogP) is 3.93. The molecule has 4 heteroatoms. The Morgan fingerprint density at radius 2 is 2.10 bits per heavy atom. The van der Waals surface area contributed by atoms with Gasteiger partial charge in [0.25, 0.3) is 0 Å². The molecule has 1 aliphatic rings. The average Bonchev–Trinajstić information content (AvgIpc) is 2.80. The smallest absolute Gasteiger partial charge is 0.186 e. The highest BCUT2D eigenvalue weighted by molar-refractivity contribution is 7.15. The highest BCUT2D eigenvalue weighted by Crippen LogP contribution is 2.36. The lowest BCUT2D eigenvalue weighted by atomic mass is 9.91. The minimum absolute atomic E-state index is 0.124. The fraction of sp³-hybridized carbons (Fsp3) is 0.812. The van der Waals surface area contributed by atoms with E-state index in [0.717, 1.165) is 13.1 Å². The molecule has 2 rings (SSSR count). The van der Waals surface area contributed by atoms with E-state index >= 15 is 0 Å². The summed E-state index contributed by atoms with van der Waals surface area (Å²) in [6, 6.07) is 0.634. The zero-order valence-electron chi connectivity index (χ0n) is 13.6. The van der Waals surface area contributed by atoms with Crippen LogP contribution in [0.5, 0.6) is 0 Å². The minimum Gasteiger partial charge on any atom is -0.345 e. The van der Waals surface area contributed by atoms with E-state index in [-0.39, 0.29) is 5.41 Å². The Morgan fingerprint density at radius 1 is 1.35 bits per heavy atom. The molecular weight excluding hydrogens is 266 g/mol. The lowest BCUT2D eigenvalue weighted by molar-refractivity contribution is 0.482. The molecule has 1 aromatic heterocycles. The number of thiazole rings is 1. The SMILES string of the molecule is CCNCc1sc(N2CCCCC2C)nc1C(C)(C)C. The van der Waals surface area contributed by atoms with E-state index in [4.69, 9.17) is 4.98 Å². The van der Waals surface area contributed by atoms with Crippen LogP contribution in [0.15, 0.2) is 0 Å². The molecule has 1 aromatic rings. The van der Waals surface area contributed by atoms with Gasteiger partial charge in [0, 0.05) is 29.4 Å². The highest BCUT2D eigenvalue weighted by Gasteiger charge is 2.27. The fourth-order valence-corrected chi connectivity index (χ4v) is 4.16. The summed E-state index contributed by atoms with van der Waals surface area (Å²) in [4.78, 5) is 8.94. The summed E-state index contributed by atoms with van der Waals surface area (Å²) in [5, 5.41) is 4.69. The molecule has 0 radical (unpaired) electrons. The maximum absolute atomic E-state index is 5.01. The number of hydrogen-bond donors (Lipinski definition) is 1. The Labute approximate surface area is 127 Å².